The smallest absolute Gasteiger partial charge is 0.234 e. The van der Waals surface area contributed by atoms with Gasteiger partial charge in [0.25, 0.3) is 0 Å². The molecule has 1 N–H and O–H groups in total. The van der Waals surface area contributed by atoms with Crippen LogP contribution in [0.2, 0.25) is 10.0 Å². The van der Waals surface area contributed by atoms with Crippen LogP contribution in [0.1, 0.15) is 37.6 Å². The van der Waals surface area contributed by atoms with Crippen molar-refractivity contribution in [3.05, 3.63) is 57.3 Å². The highest BCUT2D eigenvalue weighted by Crippen LogP contribution is 2.49. The molecule has 0 spiro atoms. The summed E-state index contributed by atoms with van der Waals surface area (Å²) in [5, 5.41) is 11.3. The van der Waals surface area contributed by atoms with Crippen LogP contribution in [0.3, 0.4) is 0 Å². The van der Waals surface area contributed by atoms with Gasteiger partial charge in [-0.25, -0.2) is 12.6 Å². The molecule has 2 aromatic rings. The average Bonchev–Trinajstić information content (AvgIpc) is 2.71. The Labute approximate surface area is 191 Å². The largest absolute Gasteiger partial charge is 0.505 e. The van der Waals surface area contributed by atoms with Gasteiger partial charge in [-0.2, -0.15) is 0 Å². The van der Waals surface area contributed by atoms with Gasteiger partial charge >= 0.3 is 0 Å². The number of sulfonamides is 1. The Kier molecular flexibility index (Phi) is 6.42. The van der Waals surface area contributed by atoms with Crippen molar-refractivity contribution in [3.63, 3.8) is 0 Å². The van der Waals surface area contributed by atoms with E-state index in [1.165, 1.54) is 20.0 Å². The molecule has 0 saturated heterocycles. The first-order valence-corrected chi connectivity index (χ1v) is 13.7. The first kappa shape index (κ1) is 23.3. The lowest BCUT2D eigenvalue weighted by Crippen LogP contribution is -2.31. The number of fused-ring (bicyclic) bond motifs is 1. The summed E-state index contributed by atoms with van der Waals surface area (Å²) in [5.41, 5.74) is 1.58. The van der Waals surface area contributed by atoms with Crippen LogP contribution >= 0.6 is 23.2 Å². The number of benzene rings is 1. The van der Waals surface area contributed by atoms with Crippen LogP contribution in [0.15, 0.2) is 30.5 Å². The molecule has 162 valence electrons. The maximum absolute atomic E-state index is 12.4. The molecule has 1 atom stereocenters. The number of hydrogen-bond donors (Lipinski definition) is 1. The minimum absolute atomic E-state index is 0.0466. The quantitative estimate of drug-likeness (QED) is 0.656. The Balaban J connectivity index is 2.38. The standard InChI is InChI=1S/C19H20Cl2N2O4S3/c1-5-30(26,27)23(4)16-13(20)9-8-11(14(16)21)18-17(24)15-12(7-6-10-22-15)19(2,3)29(18)28-25/h6-10,24H,5H2,1-4H3. The van der Waals surface area contributed by atoms with Crippen LogP contribution < -0.4 is 4.31 Å². The monoisotopic (exact) mass is 506 g/mol. The Hall–Kier alpha value is -1.39. The Morgan fingerprint density at radius 1 is 1.27 bits per heavy atom. The minimum Gasteiger partial charge on any atom is -0.505 e. The van der Waals surface area contributed by atoms with Crippen molar-refractivity contribution in [2.45, 2.75) is 25.5 Å². The van der Waals surface area contributed by atoms with Crippen molar-refractivity contribution in [1.82, 2.24) is 4.98 Å². The molecule has 0 saturated carbocycles. The molecule has 0 fully saturated rings. The lowest BCUT2D eigenvalue weighted by atomic mass is 9.98. The lowest BCUT2D eigenvalue weighted by Gasteiger charge is -2.35. The van der Waals surface area contributed by atoms with Crippen molar-refractivity contribution in [3.8, 4) is 0 Å². The van der Waals surface area contributed by atoms with Crippen LogP contribution in [0.25, 0.3) is 10.7 Å². The zero-order chi connectivity index (χ0) is 22.4. The van der Waals surface area contributed by atoms with Crippen molar-refractivity contribution in [1.29, 1.82) is 0 Å². The number of aliphatic hydroxyl groups excluding tert-OH is 1. The predicted octanol–water partition coefficient (Wildman–Crippen LogP) is 4.55. The van der Waals surface area contributed by atoms with E-state index in [0.29, 0.717) is 26.4 Å². The molecule has 11 heteroatoms. The van der Waals surface area contributed by atoms with Crippen LogP contribution in [-0.2, 0) is 34.5 Å². The van der Waals surface area contributed by atoms with Crippen molar-refractivity contribution >= 4 is 69.3 Å². The predicted molar refractivity (Wildman–Crippen MR) is 127 cm³/mol. The molecule has 6 nitrogen and oxygen atoms in total. The topological polar surface area (TPSA) is 87.6 Å². The van der Waals surface area contributed by atoms with E-state index >= 15 is 0 Å². The Morgan fingerprint density at radius 2 is 1.93 bits per heavy atom. The first-order chi connectivity index (χ1) is 14.0. The third kappa shape index (κ3) is 3.60. The number of anilines is 1. The van der Waals surface area contributed by atoms with E-state index in [0.717, 1.165) is 9.87 Å². The van der Waals surface area contributed by atoms with E-state index in [2.05, 4.69) is 4.98 Å². The summed E-state index contributed by atoms with van der Waals surface area (Å²) >= 11 is 12.9. The van der Waals surface area contributed by atoms with Crippen molar-refractivity contribution in [2.75, 3.05) is 17.1 Å². The maximum atomic E-state index is 12.4. The molecule has 2 heterocycles. The zero-order valence-electron chi connectivity index (χ0n) is 16.6. The van der Waals surface area contributed by atoms with E-state index in [1.807, 2.05) is 19.9 Å². The number of aliphatic hydroxyl groups is 1. The van der Waals surface area contributed by atoms with Crippen molar-refractivity contribution in [2.24, 2.45) is 0 Å². The number of halogens is 2. The number of hydrogen-bond acceptors (Lipinski definition) is 5. The lowest BCUT2D eigenvalue weighted by molar-refractivity contribution is 0.507. The molecular weight excluding hydrogens is 487 g/mol. The SMILES string of the molecule is CCS(=O)(=O)N(C)c1c(Cl)ccc(C2=C(O)c3ncccc3C(C)(C)S2=S=O)c1Cl. The molecule has 0 amide bonds. The number of rotatable bonds is 4. The summed E-state index contributed by atoms with van der Waals surface area (Å²) in [6, 6.07) is 6.69. The highest BCUT2D eigenvalue weighted by atomic mass is 35.5. The minimum atomic E-state index is -3.64. The van der Waals surface area contributed by atoms with Gasteiger partial charge in [-0.15, -0.1) is 0 Å². The van der Waals surface area contributed by atoms with Gasteiger partial charge in [0.2, 0.25) is 10.0 Å². The maximum Gasteiger partial charge on any atom is 0.234 e. The summed E-state index contributed by atoms with van der Waals surface area (Å²) in [5.74, 6) is -0.285. The van der Waals surface area contributed by atoms with E-state index in [4.69, 9.17) is 23.2 Å². The van der Waals surface area contributed by atoms with Gasteiger partial charge in [0, 0.05) is 23.6 Å². The molecule has 1 aliphatic heterocycles. The van der Waals surface area contributed by atoms with Gasteiger partial charge in [-0.05, 0) is 47.9 Å². The van der Waals surface area contributed by atoms with Gasteiger partial charge in [-0.1, -0.05) is 35.3 Å². The van der Waals surface area contributed by atoms with Gasteiger partial charge in [0.05, 0.1) is 26.4 Å². The zero-order valence-corrected chi connectivity index (χ0v) is 20.6. The summed E-state index contributed by atoms with van der Waals surface area (Å²) in [4.78, 5) is 4.64. The Morgan fingerprint density at radius 3 is 2.53 bits per heavy atom. The third-order valence-electron chi connectivity index (χ3n) is 5.02. The molecule has 0 radical (unpaired) electrons. The summed E-state index contributed by atoms with van der Waals surface area (Å²) < 4.78 is 37.5. The molecular formula is C19H20Cl2N2O4S3. The highest BCUT2D eigenvalue weighted by molar-refractivity contribution is 8.36. The van der Waals surface area contributed by atoms with Gasteiger partial charge in [0.15, 0.2) is 5.76 Å². The summed E-state index contributed by atoms with van der Waals surface area (Å²) in [6.07, 6.45) is 1.56. The fourth-order valence-corrected chi connectivity index (χ4v) is 8.29. The van der Waals surface area contributed by atoms with Gasteiger partial charge in [0.1, 0.15) is 15.9 Å². The molecule has 1 aliphatic rings. The molecule has 0 aliphatic carbocycles. The third-order valence-corrected chi connectivity index (χ3v) is 11.7. The van der Waals surface area contributed by atoms with E-state index in [9.17, 15) is 17.7 Å². The second kappa shape index (κ2) is 8.27. The van der Waals surface area contributed by atoms with E-state index < -0.39 is 24.2 Å². The van der Waals surface area contributed by atoms with E-state index in [1.54, 1.807) is 18.3 Å². The second-order valence-corrected chi connectivity index (χ2v) is 13.6. The van der Waals surface area contributed by atoms with E-state index in [-0.39, 0.29) is 27.2 Å². The molecule has 1 aromatic heterocycles. The van der Waals surface area contributed by atoms with Gasteiger partial charge < -0.3 is 5.11 Å². The normalized spacial score (nSPS) is 18.1. The molecule has 1 aromatic carbocycles. The molecule has 1 unspecified atom stereocenters. The molecule has 0 bridgehead atoms. The fraction of sp³-hybridized carbons (Fsp3) is 0.316. The number of aromatic nitrogens is 1. The Bertz CT molecular complexity index is 1240. The number of pyridine rings is 1. The fourth-order valence-electron chi connectivity index (χ4n) is 3.31. The van der Waals surface area contributed by atoms with Crippen LogP contribution in [0, 0.1) is 0 Å². The highest BCUT2D eigenvalue weighted by Gasteiger charge is 2.40. The molecule has 3 rings (SSSR count). The number of nitrogens with zero attached hydrogens (tertiary/aromatic N) is 2. The van der Waals surface area contributed by atoms with Crippen molar-refractivity contribution < 1.29 is 17.7 Å². The van der Waals surface area contributed by atoms with Crippen LogP contribution in [0.5, 0.6) is 0 Å². The first-order valence-electron chi connectivity index (χ1n) is 8.87. The summed E-state index contributed by atoms with van der Waals surface area (Å²) in [6.45, 7) is 5.34. The average molecular weight is 507 g/mol. The second-order valence-electron chi connectivity index (χ2n) is 7.05. The van der Waals surface area contributed by atoms with Gasteiger partial charge in [-0.3, -0.25) is 9.29 Å². The van der Waals surface area contributed by atoms with Crippen LogP contribution in [0.4, 0.5) is 5.69 Å². The summed E-state index contributed by atoms with van der Waals surface area (Å²) in [7, 11) is -2.95. The molecule has 30 heavy (non-hydrogen) atoms. The van der Waals surface area contributed by atoms with Crippen LogP contribution in [-0.4, -0.2) is 35.5 Å².